The van der Waals surface area contributed by atoms with Gasteiger partial charge in [-0.15, -0.1) is 0 Å². The second-order valence-electron chi connectivity index (χ2n) is 11.5. The van der Waals surface area contributed by atoms with Crippen molar-refractivity contribution in [3.05, 3.63) is 83.4 Å². The van der Waals surface area contributed by atoms with Crippen molar-refractivity contribution in [2.45, 2.75) is 67.1 Å². The van der Waals surface area contributed by atoms with Crippen LogP contribution in [0, 0.1) is 13.8 Å². The monoisotopic (exact) mass is 534 g/mol. The van der Waals surface area contributed by atoms with Gasteiger partial charge in [0.2, 0.25) is 0 Å². The first-order valence-electron chi connectivity index (χ1n) is 14.4. The van der Waals surface area contributed by atoms with E-state index in [2.05, 4.69) is 139 Å². The summed E-state index contributed by atoms with van der Waals surface area (Å²) in [4.78, 5) is 4.71. The van der Waals surface area contributed by atoms with Crippen LogP contribution in [0.25, 0.3) is 22.3 Å². The molecule has 208 valence electrons. The third-order valence-corrected chi connectivity index (χ3v) is 7.71. The van der Waals surface area contributed by atoms with Gasteiger partial charge in [0.1, 0.15) is 11.5 Å². The van der Waals surface area contributed by atoms with Crippen LogP contribution in [0.5, 0.6) is 11.5 Å². The Morgan fingerprint density at radius 2 is 1.15 bits per heavy atom. The maximum atomic E-state index is 5.94. The lowest BCUT2D eigenvalue weighted by Crippen LogP contribution is -2.25. The molecule has 0 aliphatic carbocycles. The van der Waals surface area contributed by atoms with Crippen LogP contribution in [0.4, 0.5) is 22.7 Å². The number of rotatable bonds is 7. The van der Waals surface area contributed by atoms with Crippen molar-refractivity contribution >= 4 is 22.7 Å². The summed E-state index contributed by atoms with van der Waals surface area (Å²) in [5.74, 6) is 1.84. The van der Waals surface area contributed by atoms with Gasteiger partial charge in [0.25, 0.3) is 0 Å². The second-order valence-corrected chi connectivity index (χ2v) is 11.5. The number of benzene rings is 4. The number of aryl methyl sites for hydroxylation is 3. The Labute approximate surface area is 240 Å². The van der Waals surface area contributed by atoms with Crippen LogP contribution in [0.15, 0.2) is 66.7 Å². The minimum Gasteiger partial charge on any atom is -0.491 e. The van der Waals surface area contributed by atoms with Crippen LogP contribution >= 0.6 is 0 Å². The van der Waals surface area contributed by atoms with Crippen molar-refractivity contribution in [3.8, 4) is 33.8 Å². The molecular formula is C36H42N2O2. The molecule has 0 saturated heterocycles. The molecular weight excluding hydrogens is 492 g/mol. The predicted octanol–water partition coefficient (Wildman–Crippen LogP) is 9.62. The minimum atomic E-state index is 0.160. The molecule has 1 aliphatic heterocycles. The molecule has 0 atom stereocenters. The highest BCUT2D eigenvalue weighted by molar-refractivity contribution is 5.97. The second kappa shape index (κ2) is 10.9. The number of fused-ring (bicyclic) bond motifs is 2. The lowest BCUT2D eigenvalue weighted by atomic mass is 9.93. The zero-order valence-electron chi connectivity index (χ0n) is 25.4. The molecule has 4 aromatic rings. The molecule has 4 aromatic carbocycles. The lowest BCUT2D eigenvalue weighted by Gasteiger charge is -2.38. The number of hydrogen-bond acceptors (Lipinski definition) is 4. The first kappa shape index (κ1) is 27.6. The van der Waals surface area contributed by atoms with E-state index in [0.717, 1.165) is 17.9 Å². The molecule has 4 heteroatoms. The van der Waals surface area contributed by atoms with Crippen molar-refractivity contribution in [3.63, 3.8) is 0 Å². The van der Waals surface area contributed by atoms with Crippen LogP contribution < -0.4 is 19.3 Å². The van der Waals surface area contributed by atoms with Crippen LogP contribution in [0.3, 0.4) is 0 Å². The molecule has 0 unspecified atom stereocenters. The van der Waals surface area contributed by atoms with Gasteiger partial charge >= 0.3 is 0 Å². The number of hydrogen-bond donors (Lipinski definition) is 0. The van der Waals surface area contributed by atoms with E-state index in [0.29, 0.717) is 0 Å². The summed E-state index contributed by atoms with van der Waals surface area (Å²) in [7, 11) is 4.38. The van der Waals surface area contributed by atoms with Crippen molar-refractivity contribution < 1.29 is 9.47 Å². The summed E-state index contributed by atoms with van der Waals surface area (Å²) in [6, 6.07) is 24.3. The number of anilines is 4. The summed E-state index contributed by atoms with van der Waals surface area (Å²) in [5.41, 5.74) is 13.6. The highest BCUT2D eigenvalue weighted by Crippen LogP contribution is 2.51. The molecule has 0 bridgehead atoms. The SMILES string of the molecule is CCc1cc(-c2ccc(OC(C)C)cc2C)cc2c1N(C)c1cc(-c3ccc(OC(C)C)cc3C)ccc1N2C. The molecule has 4 nitrogen and oxygen atoms in total. The number of nitrogens with zero attached hydrogens (tertiary/aromatic N) is 2. The smallest absolute Gasteiger partial charge is 0.119 e. The Hall–Kier alpha value is -3.92. The van der Waals surface area contributed by atoms with Gasteiger partial charge in [0.05, 0.1) is 35.0 Å². The molecule has 0 N–H and O–H groups in total. The van der Waals surface area contributed by atoms with Gasteiger partial charge in [-0.2, -0.15) is 0 Å². The Bertz CT molecular complexity index is 1550. The van der Waals surface area contributed by atoms with Crippen LogP contribution in [0.2, 0.25) is 0 Å². The Morgan fingerprint density at radius 3 is 1.68 bits per heavy atom. The van der Waals surface area contributed by atoms with Crippen LogP contribution in [-0.4, -0.2) is 26.3 Å². The van der Waals surface area contributed by atoms with Gasteiger partial charge < -0.3 is 19.3 Å². The molecule has 0 amide bonds. The molecule has 1 heterocycles. The average Bonchev–Trinajstić information content (AvgIpc) is 2.90. The lowest BCUT2D eigenvalue weighted by molar-refractivity contribution is 0.242. The van der Waals surface area contributed by atoms with E-state index in [1.54, 1.807) is 0 Å². The molecule has 0 radical (unpaired) electrons. The summed E-state index contributed by atoms with van der Waals surface area (Å²) in [6.45, 7) is 14.8. The van der Waals surface area contributed by atoms with E-state index >= 15 is 0 Å². The zero-order chi connectivity index (χ0) is 28.7. The van der Waals surface area contributed by atoms with E-state index in [1.807, 2.05) is 0 Å². The largest absolute Gasteiger partial charge is 0.491 e. The fraction of sp³-hybridized carbons (Fsp3) is 0.333. The van der Waals surface area contributed by atoms with Crippen molar-refractivity contribution in [1.29, 1.82) is 0 Å². The minimum absolute atomic E-state index is 0.160. The van der Waals surface area contributed by atoms with E-state index in [-0.39, 0.29) is 12.2 Å². The molecule has 0 saturated carbocycles. The van der Waals surface area contributed by atoms with E-state index in [1.165, 1.54) is 61.7 Å². The van der Waals surface area contributed by atoms with Crippen molar-refractivity contribution in [1.82, 2.24) is 0 Å². The van der Waals surface area contributed by atoms with E-state index in [4.69, 9.17) is 9.47 Å². The topological polar surface area (TPSA) is 24.9 Å². The fourth-order valence-electron chi connectivity index (χ4n) is 5.85. The summed E-state index contributed by atoms with van der Waals surface area (Å²) >= 11 is 0. The van der Waals surface area contributed by atoms with Gasteiger partial charge in [-0.05, 0) is 135 Å². The Kier molecular flexibility index (Phi) is 7.55. The zero-order valence-corrected chi connectivity index (χ0v) is 25.4. The average molecular weight is 535 g/mol. The Morgan fingerprint density at radius 1 is 0.600 bits per heavy atom. The highest BCUT2D eigenvalue weighted by atomic mass is 16.5. The molecule has 5 rings (SSSR count). The molecule has 0 spiro atoms. The van der Waals surface area contributed by atoms with Gasteiger partial charge in [-0.1, -0.05) is 25.1 Å². The van der Waals surface area contributed by atoms with Gasteiger partial charge in [-0.25, -0.2) is 0 Å². The number of ether oxygens (including phenoxy) is 2. The van der Waals surface area contributed by atoms with Crippen LogP contribution in [0.1, 0.15) is 51.3 Å². The van der Waals surface area contributed by atoms with Gasteiger partial charge in [-0.3, -0.25) is 0 Å². The van der Waals surface area contributed by atoms with E-state index in [9.17, 15) is 0 Å². The van der Waals surface area contributed by atoms with Gasteiger partial charge in [0, 0.05) is 14.1 Å². The first-order chi connectivity index (χ1) is 19.1. The fourth-order valence-corrected chi connectivity index (χ4v) is 5.85. The predicted molar refractivity (Wildman–Crippen MR) is 170 cm³/mol. The van der Waals surface area contributed by atoms with Crippen molar-refractivity contribution in [2.24, 2.45) is 0 Å². The standard InChI is InChI=1S/C36H42N2O2/c1-10-26-19-28(32-15-13-30(18-25(32)7)40-23(4)5)21-35-36(26)38(9)34-20-27(11-16-33(34)37(35)8)31-14-12-29(17-24(31)6)39-22(2)3/h11-23H,10H2,1-9H3. The third kappa shape index (κ3) is 5.15. The first-order valence-corrected chi connectivity index (χ1v) is 14.4. The van der Waals surface area contributed by atoms with Crippen LogP contribution in [-0.2, 0) is 6.42 Å². The van der Waals surface area contributed by atoms with E-state index < -0.39 is 0 Å². The molecule has 40 heavy (non-hydrogen) atoms. The van der Waals surface area contributed by atoms with Gasteiger partial charge in [0.15, 0.2) is 0 Å². The summed E-state index contributed by atoms with van der Waals surface area (Å²) in [5, 5.41) is 0. The molecule has 0 fully saturated rings. The molecule has 0 aromatic heterocycles. The third-order valence-electron chi connectivity index (χ3n) is 7.71. The Balaban J connectivity index is 1.55. The highest BCUT2D eigenvalue weighted by Gasteiger charge is 2.28. The summed E-state index contributed by atoms with van der Waals surface area (Å²) in [6.07, 6.45) is 1.27. The normalized spacial score (nSPS) is 12.6. The summed E-state index contributed by atoms with van der Waals surface area (Å²) < 4.78 is 11.9. The quantitative estimate of drug-likeness (QED) is 0.236. The maximum Gasteiger partial charge on any atom is 0.119 e. The molecule has 1 aliphatic rings. The maximum absolute atomic E-state index is 5.94. The van der Waals surface area contributed by atoms with Crippen molar-refractivity contribution in [2.75, 3.05) is 23.9 Å².